The topological polar surface area (TPSA) is 115 Å². The summed E-state index contributed by atoms with van der Waals surface area (Å²) in [6, 6.07) is 10.3. The van der Waals surface area contributed by atoms with Gasteiger partial charge in [-0.2, -0.15) is 11.6 Å². The Kier molecular flexibility index (Phi) is 7.51. The maximum atomic E-state index is 11.0. The van der Waals surface area contributed by atoms with E-state index in [-0.39, 0.29) is 70.7 Å². The summed E-state index contributed by atoms with van der Waals surface area (Å²) in [4.78, 5) is 22.0. The molecule has 2 heterocycles. The van der Waals surface area contributed by atoms with Crippen molar-refractivity contribution in [1.82, 2.24) is 0 Å². The van der Waals surface area contributed by atoms with E-state index in [1.807, 2.05) is 26.7 Å². The number of hydrogen-bond donors (Lipinski definition) is 4. The molecule has 2 aromatic rings. The molecule has 32 heavy (non-hydrogen) atoms. The van der Waals surface area contributed by atoms with E-state index >= 15 is 0 Å². The van der Waals surface area contributed by atoms with Crippen molar-refractivity contribution in [2.24, 2.45) is 0 Å². The van der Waals surface area contributed by atoms with Crippen molar-refractivity contribution in [3.05, 3.63) is 69.8 Å². The average molecular weight is 448 g/mol. The number of fused-ring (bicyclic) bond motifs is 6. The van der Waals surface area contributed by atoms with Crippen LogP contribution in [0.1, 0.15) is 55.8 Å². The van der Waals surface area contributed by atoms with Crippen molar-refractivity contribution < 1.29 is 89.1 Å². The van der Waals surface area contributed by atoms with Gasteiger partial charge < -0.3 is 35.0 Å². The Labute approximate surface area is 231 Å². The fraction of sp³-hybridized carbons (Fsp3) is 0.364. The van der Waals surface area contributed by atoms with Crippen LogP contribution in [-0.2, 0) is 23.8 Å². The molecule has 10 heteroatoms. The summed E-state index contributed by atoms with van der Waals surface area (Å²) in [7, 11) is 4.05. The van der Waals surface area contributed by atoms with Gasteiger partial charge in [-0.3, -0.25) is 0 Å². The van der Waals surface area contributed by atoms with Crippen LogP contribution in [-0.4, -0.2) is 46.9 Å². The molecular formula is C22H20B2Na2O6. The summed E-state index contributed by atoms with van der Waals surface area (Å²) in [5.74, 6) is -1.37. The molecule has 0 bridgehead atoms. The van der Waals surface area contributed by atoms with Crippen molar-refractivity contribution in [3.63, 3.8) is 0 Å². The number of aliphatic hydroxyl groups is 2. The van der Waals surface area contributed by atoms with Crippen molar-refractivity contribution in [3.8, 4) is 0 Å². The SMILES string of the molecule is O=C(O)c1cccc2c1C[B-]C1CC21O.O=C(O)c1cccc2c1C[B-]C1CC21O.[Na+].[Na+]. The molecule has 6 nitrogen and oxygen atoms in total. The molecule has 4 atom stereocenters. The first-order valence-corrected chi connectivity index (χ1v) is 10.1. The molecule has 4 aliphatic rings. The van der Waals surface area contributed by atoms with E-state index in [4.69, 9.17) is 10.2 Å². The van der Waals surface area contributed by atoms with E-state index in [0.717, 1.165) is 35.1 Å². The van der Waals surface area contributed by atoms with Gasteiger partial charge in [0.05, 0.1) is 22.3 Å². The molecule has 0 aromatic heterocycles. The van der Waals surface area contributed by atoms with Gasteiger partial charge in [-0.1, -0.05) is 48.2 Å². The number of carboxylic acids is 2. The first-order valence-electron chi connectivity index (χ1n) is 10.1. The third-order valence-corrected chi connectivity index (χ3v) is 6.93. The smallest absolute Gasteiger partial charge is 0.478 e. The number of rotatable bonds is 2. The summed E-state index contributed by atoms with van der Waals surface area (Å²) >= 11 is 0. The largest absolute Gasteiger partial charge is 1.00 e. The Morgan fingerprint density at radius 3 is 1.47 bits per heavy atom. The zero-order chi connectivity index (χ0) is 21.3. The molecule has 4 radical (unpaired) electrons. The van der Waals surface area contributed by atoms with Gasteiger partial charge in [0.2, 0.25) is 0 Å². The quantitative estimate of drug-likeness (QED) is 0.349. The molecule has 2 aliphatic carbocycles. The normalized spacial score (nSPS) is 29.7. The van der Waals surface area contributed by atoms with Crippen LogP contribution < -0.4 is 59.1 Å². The van der Waals surface area contributed by atoms with Crippen LogP contribution in [0.2, 0.25) is 11.6 Å². The average Bonchev–Trinajstić information content (AvgIpc) is 3.60. The van der Waals surface area contributed by atoms with Crippen molar-refractivity contribution in [2.75, 3.05) is 0 Å². The summed E-state index contributed by atoms with van der Waals surface area (Å²) in [5, 5.41) is 38.4. The zero-order valence-electron chi connectivity index (χ0n) is 18.2. The van der Waals surface area contributed by atoms with Crippen LogP contribution >= 0.6 is 0 Å². The number of aromatic carboxylic acids is 2. The van der Waals surface area contributed by atoms with Gasteiger partial charge in [-0.15, -0.1) is 0 Å². The fourth-order valence-corrected chi connectivity index (χ4v) is 5.07. The molecule has 6 rings (SSSR count). The van der Waals surface area contributed by atoms with Gasteiger partial charge in [-0.05, 0) is 23.3 Å². The van der Waals surface area contributed by atoms with Gasteiger partial charge in [0, 0.05) is 0 Å². The number of carbonyl (C=O) groups is 2. The van der Waals surface area contributed by atoms with E-state index in [1.165, 1.54) is 0 Å². The second kappa shape index (κ2) is 9.23. The van der Waals surface area contributed by atoms with E-state index in [2.05, 4.69) is 0 Å². The molecule has 4 unspecified atom stereocenters. The summed E-state index contributed by atoms with van der Waals surface area (Å²) < 4.78 is 0. The number of hydrogen-bond acceptors (Lipinski definition) is 4. The van der Waals surface area contributed by atoms with Crippen LogP contribution in [0.5, 0.6) is 0 Å². The van der Waals surface area contributed by atoms with Crippen LogP contribution in [0.25, 0.3) is 0 Å². The summed E-state index contributed by atoms with van der Waals surface area (Å²) in [5.41, 5.74) is 2.30. The Bertz CT molecular complexity index is 1010. The summed E-state index contributed by atoms with van der Waals surface area (Å²) in [6.07, 6.45) is 2.79. The van der Waals surface area contributed by atoms with Crippen LogP contribution in [0.15, 0.2) is 36.4 Å². The predicted octanol–water partition coefficient (Wildman–Crippen LogP) is -4.03. The second-order valence-electron chi connectivity index (χ2n) is 8.62. The van der Waals surface area contributed by atoms with E-state index < -0.39 is 23.1 Å². The zero-order valence-corrected chi connectivity index (χ0v) is 22.2. The molecule has 152 valence electrons. The van der Waals surface area contributed by atoms with E-state index in [1.54, 1.807) is 24.3 Å². The van der Waals surface area contributed by atoms with Crippen LogP contribution in [0.3, 0.4) is 0 Å². The third-order valence-electron chi connectivity index (χ3n) is 6.93. The standard InChI is InChI=1S/2C11H10BO3.2Na/c2*13-10(14)6-2-1-3-8-7(6)5-12-9-4-11(8,9)15;;/h2*1-3,9,15H,4-5H2,(H,13,14);;/q2*-1;2*+1. The Hall–Kier alpha value is -0.570. The second-order valence-corrected chi connectivity index (χ2v) is 8.62. The number of benzene rings is 2. The van der Waals surface area contributed by atoms with Gasteiger partial charge >= 0.3 is 71.1 Å². The molecular weight excluding hydrogens is 428 g/mol. The van der Waals surface area contributed by atoms with Gasteiger partial charge in [-0.25, -0.2) is 22.2 Å². The van der Waals surface area contributed by atoms with Crippen molar-refractivity contribution >= 4 is 26.5 Å². The minimum absolute atomic E-state index is 0. The first kappa shape index (κ1) is 26.0. The van der Waals surface area contributed by atoms with Gasteiger partial charge in [0.15, 0.2) is 0 Å². The molecule has 2 saturated carbocycles. The maximum absolute atomic E-state index is 11.0. The third kappa shape index (κ3) is 4.18. The molecule has 2 aliphatic heterocycles. The summed E-state index contributed by atoms with van der Waals surface area (Å²) in [6.45, 7) is 0. The predicted molar refractivity (Wildman–Crippen MR) is 110 cm³/mol. The first-order chi connectivity index (χ1) is 14.3. The van der Waals surface area contributed by atoms with Crippen LogP contribution in [0, 0.1) is 0 Å². The van der Waals surface area contributed by atoms with Crippen molar-refractivity contribution in [1.29, 1.82) is 0 Å². The monoisotopic (exact) mass is 448 g/mol. The van der Waals surface area contributed by atoms with E-state index in [9.17, 15) is 19.8 Å². The molecule has 2 aromatic carbocycles. The maximum Gasteiger partial charge on any atom is 1.00 e. The Morgan fingerprint density at radius 1 is 0.750 bits per heavy atom. The van der Waals surface area contributed by atoms with Gasteiger partial charge in [0.25, 0.3) is 0 Å². The van der Waals surface area contributed by atoms with E-state index in [0.29, 0.717) is 23.8 Å². The van der Waals surface area contributed by atoms with Crippen molar-refractivity contribution in [2.45, 2.75) is 48.3 Å². The number of carboxylic acid groups (broad SMARTS) is 2. The Balaban J connectivity index is 0.000000170. The minimum Gasteiger partial charge on any atom is -0.478 e. The molecule has 4 N–H and O–H groups in total. The van der Waals surface area contributed by atoms with Crippen LogP contribution in [0.4, 0.5) is 0 Å². The Morgan fingerprint density at radius 2 is 1.12 bits per heavy atom. The molecule has 0 spiro atoms. The molecule has 2 fully saturated rings. The minimum atomic E-state index is -0.914. The van der Waals surface area contributed by atoms with Gasteiger partial charge in [0.1, 0.15) is 0 Å². The molecule has 0 saturated heterocycles. The molecule has 0 amide bonds. The fourth-order valence-electron chi connectivity index (χ4n) is 5.07.